The van der Waals surface area contributed by atoms with Crippen molar-refractivity contribution in [1.29, 1.82) is 0 Å². The van der Waals surface area contributed by atoms with Gasteiger partial charge in [-0.15, -0.1) is 0 Å². The highest BCUT2D eigenvalue weighted by Gasteiger charge is 2.50. The average molecular weight is 1030 g/mol. The van der Waals surface area contributed by atoms with Crippen molar-refractivity contribution in [3.63, 3.8) is 0 Å². The first kappa shape index (κ1) is 47.7. The summed E-state index contributed by atoms with van der Waals surface area (Å²) in [5, 5.41) is 16.7. The Morgan fingerprint density at radius 2 is 1.82 bits per heavy atom. The van der Waals surface area contributed by atoms with E-state index in [0.717, 1.165) is 62.6 Å². The summed E-state index contributed by atoms with van der Waals surface area (Å²) in [7, 11) is -4.69. The lowest BCUT2D eigenvalue weighted by atomic mass is 9.59. The fourth-order valence-corrected chi connectivity index (χ4v) is 14.8. The number of ether oxygens (including phenoxy) is 4. The van der Waals surface area contributed by atoms with Gasteiger partial charge in [-0.3, -0.25) is 24.7 Å². The summed E-state index contributed by atoms with van der Waals surface area (Å²) in [6.45, 7) is 11.0. The van der Waals surface area contributed by atoms with E-state index in [1.165, 1.54) is 42.9 Å². The minimum atomic E-state index is -4.69. The van der Waals surface area contributed by atoms with Crippen molar-refractivity contribution in [2.24, 2.45) is 11.3 Å². The summed E-state index contributed by atoms with van der Waals surface area (Å²) in [6, 6.07) is 21.9. The van der Waals surface area contributed by atoms with Gasteiger partial charge >= 0.3 is 0 Å². The Bertz CT molecular complexity index is 3120. The summed E-state index contributed by atoms with van der Waals surface area (Å²) in [5.74, 6) is -0.0614. The van der Waals surface area contributed by atoms with E-state index in [1.54, 1.807) is 6.07 Å². The standard InChI is InChI=1S/C55H65N9O9S/c1-33(2)42-6-3-4-7-43(42)45-8-5-16-62(45)39-25-55(26-39)13-17-60(18-14-55)37-9-10-44(46(22-37)63-27-35-30-70-19-12-49(35)73-54-48(63)20-34-11-15-56-52(34)58-54)53(65)59-74(68,69)41-23-47(64(66)67)51-50(24-41)72-31-36(57-51)28-61-29-40-21-38(61)32-71-40/h3-4,6-7,9-11,15,20,22-24,33,35-36,38-40,45,49,57H,5,8,12-14,16-19,21,25-32H2,1-2H3,(H,56,58)(H,59,65)/t35-,36+,38-,40-,45+,49+/m1/s1. The van der Waals surface area contributed by atoms with E-state index < -0.39 is 31.4 Å². The molecule has 6 atom stereocenters. The molecule has 5 aromatic rings. The van der Waals surface area contributed by atoms with Crippen LogP contribution in [0, 0.1) is 21.4 Å². The highest BCUT2D eigenvalue weighted by Crippen LogP contribution is 2.55. The number of anilines is 4. The maximum absolute atomic E-state index is 14.8. The van der Waals surface area contributed by atoms with Gasteiger partial charge in [-0.05, 0) is 104 Å². The summed E-state index contributed by atoms with van der Waals surface area (Å²) < 4.78 is 55.7. The van der Waals surface area contributed by atoms with Crippen molar-refractivity contribution >= 4 is 55.4 Å². The van der Waals surface area contributed by atoms with E-state index in [9.17, 15) is 23.3 Å². The zero-order valence-corrected chi connectivity index (χ0v) is 42.9. The van der Waals surface area contributed by atoms with Crippen LogP contribution in [0.15, 0.2) is 77.8 Å². The number of aromatic amines is 1. The van der Waals surface area contributed by atoms with Gasteiger partial charge in [0.25, 0.3) is 21.6 Å². The van der Waals surface area contributed by atoms with Crippen LogP contribution in [0.3, 0.4) is 0 Å². The van der Waals surface area contributed by atoms with E-state index >= 15 is 0 Å². The summed E-state index contributed by atoms with van der Waals surface area (Å²) in [5.41, 5.74) is 5.72. The number of rotatable bonds is 11. The van der Waals surface area contributed by atoms with Gasteiger partial charge in [0.05, 0.1) is 53.0 Å². The zero-order chi connectivity index (χ0) is 50.5. The molecule has 0 radical (unpaired) electrons. The maximum atomic E-state index is 14.8. The van der Waals surface area contributed by atoms with E-state index in [1.807, 2.05) is 35.4 Å². The van der Waals surface area contributed by atoms with E-state index in [2.05, 4.69) is 67.8 Å². The number of hydrogen-bond acceptors (Lipinski definition) is 15. The number of carbonyl (C=O) groups is 1. The molecule has 5 saturated heterocycles. The molecule has 19 heteroatoms. The first-order valence-corrected chi connectivity index (χ1v) is 28.2. The van der Waals surface area contributed by atoms with Gasteiger partial charge in [-0.2, -0.15) is 4.98 Å². The minimum absolute atomic E-state index is 0.0296. The number of nitrogens with one attached hydrogen (secondary N) is 3. The normalized spacial score (nSPS) is 26.7. The molecule has 1 amide bonds. The Labute approximate surface area is 431 Å². The Hall–Kier alpha value is -5.99. The molecule has 1 aliphatic carbocycles. The second-order valence-electron chi connectivity index (χ2n) is 22.5. The minimum Gasteiger partial charge on any atom is -0.489 e. The second-order valence-corrected chi connectivity index (χ2v) is 24.2. The van der Waals surface area contributed by atoms with Crippen molar-refractivity contribution in [2.75, 3.05) is 80.8 Å². The molecule has 3 aromatic carbocycles. The Morgan fingerprint density at radius 1 is 0.973 bits per heavy atom. The number of nitrogens with zero attached hydrogens (tertiary/aromatic N) is 6. The molecular weight excluding hydrogens is 963 g/mol. The first-order valence-electron chi connectivity index (χ1n) is 26.7. The third-order valence-electron chi connectivity index (χ3n) is 17.7. The average Bonchev–Trinajstić information content (AvgIpc) is 4.23. The Balaban J connectivity index is 0.785. The number of aromatic nitrogens is 2. The lowest BCUT2D eigenvalue weighted by molar-refractivity contribution is -0.384. The van der Waals surface area contributed by atoms with Crippen LogP contribution in [0.25, 0.3) is 11.0 Å². The zero-order valence-electron chi connectivity index (χ0n) is 42.0. The van der Waals surface area contributed by atoms with Gasteiger partial charge in [0.2, 0.25) is 5.88 Å². The second kappa shape index (κ2) is 18.7. The molecule has 18 nitrogen and oxygen atoms in total. The van der Waals surface area contributed by atoms with Gasteiger partial charge in [0, 0.05) is 92.6 Å². The number of sulfonamides is 1. The molecule has 2 bridgehead atoms. The molecule has 2 aromatic heterocycles. The van der Waals surface area contributed by atoms with Gasteiger partial charge in [0.1, 0.15) is 24.0 Å². The lowest BCUT2D eigenvalue weighted by Crippen LogP contribution is -2.55. The van der Waals surface area contributed by atoms with Crippen molar-refractivity contribution in [2.45, 2.75) is 112 Å². The number of benzene rings is 3. The number of morpholine rings is 1. The van der Waals surface area contributed by atoms with Crippen LogP contribution in [0.2, 0.25) is 0 Å². The number of carbonyl (C=O) groups excluding carboxylic acids is 1. The molecule has 390 valence electrons. The third-order valence-corrected chi connectivity index (χ3v) is 19.0. The van der Waals surface area contributed by atoms with Crippen LogP contribution in [0.4, 0.5) is 28.4 Å². The molecule has 6 fully saturated rings. The van der Waals surface area contributed by atoms with Crippen LogP contribution >= 0.6 is 0 Å². The summed E-state index contributed by atoms with van der Waals surface area (Å²) in [4.78, 5) is 44.0. The molecule has 8 aliphatic rings. The predicted molar refractivity (Wildman–Crippen MR) is 279 cm³/mol. The molecular formula is C55H65N9O9S. The number of nitro benzene ring substituents is 1. The molecule has 9 heterocycles. The number of amides is 1. The van der Waals surface area contributed by atoms with Crippen LogP contribution in [0.1, 0.15) is 98.7 Å². The monoisotopic (exact) mass is 1030 g/mol. The number of fused-ring (bicyclic) bond motifs is 6. The van der Waals surface area contributed by atoms with Crippen molar-refractivity contribution in [1.82, 2.24) is 24.5 Å². The molecule has 7 aliphatic heterocycles. The molecule has 3 N–H and O–H groups in total. The maximum Gasteiger partial charge on any atom is 0.297 e. The highest BCUT2D eigenvalue weighted by molar-refractivity contribution is 7.90. The van der Waals surface area contributed by atoms with Crippen molar-refractivity contribution < 1.29 is 37.1 Å². The predicted octanol–water partition coefficient (Wildman–Crippen LogP) is 7.88. The van der Waals surface area contributed by atoms with Gasteiger partial charge in [-0.1, -0.05) is 38.1 Å². The quantitative estimate of drug-likeness (QED) is 0.0853. The van der Waals surface area contributed by atoms with Gasteiger partial charge in [-0.25, -0.2) is 13.1 Å². The van der Waals surface area contributed by atoms with Crippen LogP contribution in [0.5, 0.6) is 11.6 Å². The lowest BCUT2D eigenvalue weighted by Gasteiger charge is -2.56. The van der Waals surface area contributed by atoms with E-state index in [0.29, 0.717) is 86.3 Å². The largest absolute Gasteiger partial charge is 0.489 e. The topological polar surface area (TPSA) is 197 Å². The van der Waals surface area contributed by atoms with Crippen molar-refractivity contribution in [3.8, 4) is 11.6 Å². The smallest absolute Gasteiger partial charge is 0.297 e. The molecule has 0 unspecified atom stereocenters. The first-order chi connectivity index (χ1) is 35.8. The van der Waals surface area contributed by atoms with Gasteiger partial charge in [0.15, 0.2) is 11.4 Å². The summed E-state index contributed by atoms with van der Waals surface area (Å²) in [6.07, 6.45) is 10.4. The molecule has 74 heavy (non-hydrogen) atoms. The van der Waals surface area contributed by atoms with E-state index in [-0.39, 0.29) is 53.2 Å². The number of pyridine rings is 1. The number of hydrogen-bond donors (Lipinski definition) is 3. The fraction of sp³-hybridized carbons (Fsp3) is 0.527. The molecule has 1 saturated carbocycles. The Kier molecular flexibility index (Phi) is 12.0. The SMILES string of the molecule is CC(C)c1ccccc1[C@@H]1CCCN1C1CC2(CCN(c3ccc(C(=O)NS(=O)(=O)c4cc5c(c([N+](=O)[O-])c4)N[C@@H](CN4C[C@H]6C[C@@H]4CO6)CO5)c(N4C[C@@H]5COCC[C@@H]5Oc5nc6[nH]ccc6cc54)c3)CC2)C1. The van der Waals surface area contributed by atoms with Crippen LogP contribution in [-0.2, 0) is 19.5 Å². The number of nitro groups is 1. The third kappa shape index (κ3) is 8.61. The van der Waals surface area contributed by atoms with Crippen LogP contribution < -0.4 is 29.3 Å². The Morgan fingerprint density at radius 3 is 2.62 bits per heavy atom. The highest BCUT2D eigenvalue weighted by atomic mass is 32.2. The fourth-order valence-electron chi connectivity index (χ4n) is 13.8. The van der Waals surface area contributed by atoms with Crippen LogP contribution in [-0.4, -0.2) is 135 Å². The van der Waals surface area contributed by atoms with Crippen molar-refractivity contribution in [3.05, 3.63) is 99.7 Å². The van der Waals surface area contributed by atoms with E-state index in [4.69, 9.17) is 23.9 Å². The number of H-pyrrole nitrogens is 1. The number of piperidine rings is 1. The molecule has 13 rings (SSSR count). The van der Waals surface area contributed by atoms with Gasteiger partial charge < -0.3 is 39.0 Å². The molecule has 1 spiro atoms. The summed E-state index contributed by atoms with van der Waals surface area (Å²) >= 11 is 0. The number of likely N-dealkylation sites (tertiary alicyclic amines) is 2.